The molecule has 4 rings (SSSR count). The number of nitrogens with two attached hydrogens (primary N) is 1. The molecule has 1 atom stereocenters. The van der Waals surface area contributed by atoms with Gasteiger partial charge in [-0.2, -0.15) is 0 Å². The van der Waals surface area contributed by atoms with Crippen LogP contribution in [-0.2, 0) is 6.54 Å². The van der Waals surface area contributed by atoms with Crippen LogP contribution in [0.3, 0.4) is 0 Å². The minimum absolute atomic E-state index is 0.214. The van der Waals surface area contributed by atoms with E-state index in [1.807, 2.05) is 42.7 Å². The summed E-state index contributed by atoms with van der Waals surface area (Å²) in [5.41, 5.74) is 10.2. The predicted molar refractivity (Wildman–Crippen MR) is 104 cm³/mol. The summed E-state index contributed by atoms with van der Waals surface area (Å²) < 4.78 is 0. The van der Waals surface area contributed by atoms with Gasteiger partial charge in [-0.15, -0.1) is 0 Å². The monoisotopic (exact) mass is 365 g/mol. The molecule has 1 aliphatic heterocycles. The summed E-state index contributed by atoms with van der Waals surface area (Å²) in [5.74, 6) is 0.311. The van der Waals surface area contributed by atoms with E-state index in [1.165, 1.54) is 5.56 Å². The number of halogens is 1. The SMILES string of the molecule is Nc1ncc(-c2ccc(Cl)cc2)c([C@H]2CCCN2Cc2cccnc2)n1. The van der Waals surface area contributed by atoms with E-state index in [9.17, 15) is 0 Å². The summed E-state index contributed by atoms with van der Waals surface area (Å²) in [7, 11) is 0. The Labute approximate surface area is 157 Å². The third-order valence-electron chi connectivity index (χ3n) is 4.78. The van der Waals surface area contributed by atoms with Gasteiger partial charge in [-0.3, -0.25) is 9.88 Å². The van der Waals surface area contributed by atoms with E-state index in [0.717, 1.165) is 42.8 Å². The Hall–Kier alpha value is -2.50. The third-order valence-corrected chi connectivity index (χ3v) is 5.03. The van der Waals surface area contributed by atoms with Crippen molar-refractivity contribution < 1.29 is 0 Å². The van der Waals surface area contributed by atoms with Crippen LogP contribution in [0.5, 0.6) is 0 Å². The van der Waals surface area contributed by atoms with Gasteiger partial charge in [0, 0.05) is 35.7 Å². The van der Waals surface area contributed by atoms with Crippen LogP contribution in [0.4, 0.5) is 5.95 Å². The Balaban J connectivity index is 1.69. The van der Waals surface area contributed by atoms with E-state index in [0.29, 0.717) is 11.0 Å². The van der Waals surface area contributed by atoms with Gasteiger partial charge in [-0.05, 0) is 48.7 Å². The highest BCUT2D eigenvalue weighted by Gasteiger charge is 2.29. The van der Waals surface area contributed by atoms with Crippen LogP contribution in [0.15, 0.2) is 55.0 Å². The molecule has 2 N–H and O–H groups in total. The maximum absolute atomic E-state index is 6.04. The van der Waals surface area contributed by atoms with Crippen molar-refractivity contribution in [3.63, 3.8) is 0 Å². The van der Waals surface area contributed by atoms with Gasteiger partial charge >= 0.3 is 0 Å². The van der Waals surface area contributed by atoms with Crippen molar-refractivity contribution in [1.82, 2.24) is 19.9 Å². The number of benzene rings is 1. The van der Waals surface area contributed by atoms with E-state index >= 15 is 0 Å². The van der Waals surface area contributed by atoms with E-state index in [1.54, 1.807) is 6.20 Å². The standard InChI is InChI=1S/C20H20ClN5/c21-16-7-5-15(6-8-16)17-12-24-20(22)25-19(17)18-4-2-10-26(18)13-14-3-1-9-23-11-14/h1,3,5-9,11-12,18H,2,4,10,13H2,(H2,22,24,25)/t18-/m1/s1. The lowest BCUT2D eigenvalue weighted by molar-refractivity contribution is 0.244. The van der Waals surface area contributed by atoms with Crippen molar-refractivity contribution in [1.29, 1.82) is 0 Å². The summed E-state index contributed by atoms with van der Waals surface area (Å²) in [6.07, 6.45) is 7.73. The largest absolute Gasteiger partial charge is 0.368 e. The second-order valence-corrected chi connectivity index (χ2v) is 6.96. The summed E-state index contributed by atoms with van der Waals surface area (Å²) in [5, 5.41) is 0.714. The van der Waals surface area contributed by atoms with Gasteiger partial charge in [0.1, 0.15) is 0 Å². The molecule has 0 aliphatic carbocycles. The molecule has 26 heavy (non-hydrogen) atoms. The Bertz CT molecular complexity index is 882. The van der Waals surface area contributed by atoms with Crippen LogP contribution in [-0.4, -0.2) is 26.4 Å². The highest BCUT2D eigenvalue weighted by molar-refractivity contribution is 6.30. The lowest BCUT2D eigenvalue weighted by Crippen LogP contribution is -2.24. The van der Waals surface area contributed by atoms with Crippen molar-refractivity contribution >= 4 is 17.5 Å². The molecule has 1 fully saturated rings. The minimum Gasteiger partial charge on any atom is -0.368 e. The van der Waals surface area contributed by atoms with Crippen LogP contribution in [0.2, 0.25) is 5.02 Å². The lowest BCUT2D eigenvalue weighted by Gasteiger charge is -2.25. The first-order valence-corrected chi connectivity index (χ1v) is 9.10. The maximum Gasteiger partial charge on any atom is 0.220 e. The van der Waals surface area contributed by atoms with Gasteiger partial charge in [0.05, 0.1) is 11.7 Å². The molecule has 0 amide bonds. The van der Waals surface area contributed by atoms with Crippen molar-refractivity contribution in [3.05, 3.63) is 71.3 Å². The first-order chi connectivity index (χ1) is 12.7. The number of nitrogens with zero attached hydrogens (tertiary/aromatic N) is 4. The quantitative estimate of drug-likeness (QED) is 0.753. The van der Waals surface area contributed by atoms with E-state index in [4.69, 9.17) is 17.3 Å². The fraction of sp³-hybridized carbons (Fsp3) is 0.250. The number of hydrogen-bond donors (Lipinski definition) is 1. The average Bonchev–Trinajstić information content (AvgIpc) is 3.11. The average molecular weight is 366 g/mol. The number of likely N-dealkylation sites (tertiary alicyclic amines) is 1. The zero-order valence-electron chi connectivity index (χ0n) is 14.3. The summed E-state index contributed by atoms with van der Waals surface area (Å²) in [6.45, 7) is 1.88. The normalized spacial score (nSPS) is 17.5. The summed E-state index contributed by atoms with van der Waals surface area (Å²) in [6, 6.07) is 12.1. The smallest absolute Gasteiger partial charge is 0.220 e. The number of pyridine rings is 1. The van der Waals surface area contributed by atoms with Crippen molar-refractivity contribution in [2.24, 2.45) is 0 Å². The van der Waals surface area contributed by atoms with Gasteiger partial charge in [-0.25, -0.2) is 9.97 Å². The molecule has 0 bridgehead atoms. The zero-order chi connectivity index (χ0) is 17.9. The molecule has 0 radical (unpaired) electrons. The predicted octanol–water partition coefficient (Wildman–Crippen LogP) is 4.11. The van der Waals surface area contributed by atoms with Crippen LogP contribution >= 0.6 is 11.6 Å². The maximum atomic E-state index is 6.04. The zero-order valence-corrected chi connectivity index (χ0v) is 15.1. The number of nitrogen functional groups attached to an aromatic ring is 1. The van der Waals surface area contributed by atoms with E-state index in [2.05, 4.69) is 25.9 Å². The number of rotatable bonds is 4. The Morgan fingerprint density at radius 3 is 2.77 bits per heavy atom. The highest BCUT2D eigenvalue weighted by Crippen LogP contribution is 2.37. The van der Waals surface area contributed by atoms with Crippen molar-refractivity contribution in [2.75, 3.05) is 12.3 Å². The molecule has 0 unspecified atom stereocenters. The first-order valence-electron chi connectivity index (χ1n) is 8.72. The molecule has 2 aromatic heterocycles. The van der Waals surface area contributed by atoms with E-state index in [-0.39, 0.29) is 6.04 Å². The van der Waals surface area contributed by atoms with Gasteiger partial charge in [0.2, 0.25) is 5.95 Å². The summed E-state index contributed by atoms with van der Waals surface area (Å²) in [4.78, 5) is 15.5. The lowest BCUT2D eigenvalue weighted by atomic mass is 9.99. The minimum atomic E-state index is 0.214. The fourth-order valence-corrected chi connectivity index (χ4v) is 3.69. The number of aromatic nitrogens is 3. The topological polar surface area (TPSA) is 67.9 Å². The third kappa shape index (κ3) is 3.54. The van der Waals surface area contributed by atoms with Crippen LogP contribution in [0.25, 0.3) is 11.1 Å². The molecule has 0 saturated carbocycles. The molecule has 132 valence electrons. The van der Waals surface area contributed by atoms with Gasteiger partial charge < -0.3 is 5.73 Å². The van der Waals surface area contributed by atoms with Crippen molar-refractivity contribution in [3.8, 4) is 11.1 Å². The van der Waals surface area contributed by atoms with Crippen LogP contribution in [0.1, 0.15) is 30.1 Å². The Kier molecular flexibility index (Phi) is 4.82. The number of hydrogen-bond acceptors (Lipinski definition) is 5. The summed E-state index contributed by atoms with van der Waals surface area (Å²) >= 11 is 6.04. The van der Waals surface area contributed by atoms with Gasteiger partial charge in [-0.1, -0.05) is 29.8 Å². The van der Waals surface area contributed by atoms with Gasteiger partial charge in [0.15, 0.2) is 0 Å². The van der Waals surface area contributed by atoms with Crippen LogP contribution < -0.4 is 5.73 Å². The molecule has 3 heterocycles. The molecule has 1 aliphatic rings. The Morgan fingerprint density at radius 1 is 1.15 bits per heavy atom. The molecule has 5 nitrogen and oxygen atoms in total. The molecule has 0 spiro atoms. The van der Waals surface area contributed by atoms with Crippen molar-refractivity contribution in [2.45, 2.75) is 25.4 Å². The number of anilines is 1. The van der Waals surface area contributed by atoms with Gasteiger partial charge in [0.25, 0.3) is 0 Å². The second kappa shape index (κ2) is 7.40. The molecule has 1 saturated heterocycles. The molecule has 1 aromatic carbocycles. The molecular formula is C20H20ClN5. The van der Waals surface area contributed by atoms with Crippen LogP contribution in [0, 0.1) is 0 Å². The fourth-order valence-electron chi connectivity index (χ4n) is 3.57. The second-order valence-electron chi connectivity index (χ2n) is 6.52. The van der Waals surface area contributed by atoms with E-state index < -0.39 is 0 Å². The molecule has 6 heteroatoms. The first kappa shape index (κ1) is 16.9. The molecular weight excluding hydrogens is 346 g/mol. The molecule has 3 aromatic rings. The Morgan fingerprint density at radius 2 is 2.00 bits per heavy atom. The highest BCUT2D eigenvalue weighted by atomic mass is 35.5.